The Labute approximate surface area is 193 Å². The highest BCUT2D eigenvalue weighted by Crippen LogP contribution is 2.33. The summed E-state index contributed by atoms with van der Waals surface area (Å²) in [5.74, 6) is -2.83. The zero-order chi connectivity index (χ0) is 24.7. The summed E-state index contributed by atoms with van der Waals surface area (Å²) in [6, 6.07) is 10.7. The second-order valence-corrected chi connectivity index (χ2v) is 7.43. The number of carbonyl (C=O) groups is 2. The van der Waals surface area contributed by atoms with E-state index in [4.69, 9.17) is 30.5 Å². The summed E-state index contributed by atoms with van der Waals surface area (Å²) in [6.45, 7) is 2.93. The molecule has 180 valence electrons. The number of nitrogens with two attached hydrogens (primary N) is 2. The first kappa shape index (κ1) is 25.0. The van der Waals surface area contributed by atoms with Gasteiger partial charge < -0.3 is 25.7 Å². The summed E-state index contributed by atoms with van der Waals surface area (Å²) in [4.78, 5) is 26.5. The van der Waals surface area contributed by atoms with E-state index in [1.165, 1.54) is 6.07 Å². The van der Waals surface area contributed by atoms with Gasteiger partial charge in [0.15, 0.2) is 11.5 Å². The molecule has 1 aliphatic heterocycles. The van der Waals surface area contributed by atoms with Crippen LogP contribution in [0.2, 0.25) is 0 Å². The number of oxazole rings is 1. The van der Waals surface area contributed by atoms with Gasteiger partial charge in [-0.05, 0) is 23.8 Å². The highest BCUT2D eigenvalue weighted by Gasteiger charge is 2.25. The number of halogens is 2. The molecule has 3 aromatic rings. The summed E-state index contributed by atoms with van der Waals surface area (Å²) < 4.78 is 39.6. The van der Waals surface area contributed by atoms with Gasteiger partial charge in [-0.1, -0.05) is 24.3 Å². The van der Waals surface area contributed by atoms with E-state index in [0.717, 1.165) is 24.2 Å². The maximum absolute atomic E-state index is 14.2. The minimum Gasteiger partial charge on any atom is -0.483 e. The molecule has 5 N–H and O–H groups in total. The second kappa shape index (κ2) is 11.5. The molecule has 1 unspecified atom stereocenters. The number of amides is 1. The van der Waals surface area contributed by atoms with Crippen LogP contribution in [0, 0.1) is 11.6 Å². The Hall–Kier alpha value is -3.67. The van der Waals surface area contributed by atoms with Crippen LogP contribution in [0.4, 0.5) is 8.78 Å². The lowest BCUT2D eigenvalue weighted by Crippen LogP contribution is -2.45. The van der Waals surface area contributed by atoms with Gasteiger partial charge in [0.25, 0.3) is 12.4 Å². The van der Waals surface area contributed by atoms with Crippen molar-refractivity contribution in [2.24, 2.45) is 11.5 Å². The van der Waals surface area contributed by atoms with Gasteiger partial charge in [-0.15, -0.1) is 0 Å². The Morgan fingerprint density at radius 2 is 1.91 bits per heavy atom. The summed E-state index contributed by atoms with van der Waals surface area (Å²) >= 11 is 0. The SMILES string of the molecule is NCC1CN(Cc2cccc(-c3oc(-c4c(F)cccc4F)nc3C(N)=O)c2)CCO1.O=CO. The van der Waals surface area contributed by atoms with E-state index in [1.807, 2.05) is 18.2 Å². The summed E-state index contributed by atoms with van der Waals surface area (Å²) in [7, 11) is 0. The number of nitrogens with zero attached hydrogens (tertiary/aromatic N) is 2. The molecule has 1 fully saturated rings. The van der Waals surface area contributed by atoms with Crippen molar-refractivity contribution in [2.45, 2.75) is 12.6 Å². The third-order valence-electron chi connectivity index (χ3n) is 5.12. The van der Waals surface area contributed by atoms with Crippen LogP contribution in [0.25, 0.3) is 22.8 Å². The molecule has 11 heteroatoms. The average Bonchev–Trinajstić information content (AvgIpc) is 3.25. The first-order valence-corrected chi connectivity index (χ1v) is 10.3. The average molecular weight is 474 g/mol. The molecule has 1 aliphatic rings. The van der Waals surface area contributed by atoms with Crippen molar-refractivity contribution in [2.75, 3.05) is 26.2 Å². The molecule has 34 heavy (non-hydrogen) atoms. The Bertz CT molecular complexity index is 1130. The van der Waals surface area contributed by atoms with Crippen LogP contribution in [-0.4, -0.2) is 59.7 Å². The maximum Gasteiger partial charge on any atom is 0.290 e. The molecule has 9 nitrogen and oxygen atoms in total. The van der Waals surface area contributed by atoms with Crippen LogP contribution in [0.15, 0.2) is 46.9 Å². The van der Waals surface area contributed by atoms with Crippen molar-refractivity contribution in [3.05, 3.63) is 65.4 Å². The molecule has 0 radical (unpaired) electrons. The smallest absolute Gasteiger partial charge is 0.290 e. The van der Waals surface area contributed by atoms with Crippen molar-refractivity contribution in [3.8, 4) is 22.8 Å². The third kappa shape index (κ3) is 5.81. The third-order valence-corrected chi connectivity index (χ3v) is 5.12. The lowest BCUT2D eigenvalue weighted by atomic mass is 10.1. The van der Waals surface area contributed by atoms with Gasteiger partial charge in [-0.2, -0.15) is 0 Å². The number of rotatable bonds is 6. The molecule has 1 saturated heterocycles. The van der Waals surface area contributed by atoms with Gasteiger partial charge in [0.1, 0.15) is 17.2 Å². The molecule has 4 rings (SSSR count). The summed E-state index contributed by atoms with van der Waals surface area (Å²) in [5, 5.41) is 6.89. The number of carbonyl (C=O) groups excluding carboxylic acids is 1. The summed E-state index contributed by atoms with van der Waals surface area (Å²) in [6.07, 6.45) is -0.00843. The molecule has 2 aromatic carbocycles. The number of primary amides is 1. The highest BCUT2D eigenvalue weighted by atomic mass is 19.1. The topological polar surface area (TPSA) is 145 Å². The minimum absolute atomic E-state index is 0.00843. The largest absolute Gasteiger partial charge is 0.483 e. The van der Waals surface area contributed by atoms with Crippen LogP contribution in [-0.2, 0) is 16.1 Å². The van der Waals surface area contributed by atoms with E-state index < -0.39 is 23.1 Å². The Kier molecular flexibility index (Phi) is 8.41. The molecule has 0 saturated carbocycles. The molecule has 1 atom stereocenters. The standard InChI is InChI=1S/C22H22F2N4O3.CH2O2/c23-16-5-2-6-17(24)18(16)22-27-19(21(26)29)20(31-22)14-4-1-3-13(9-14)11-28-7-8-30-15(10-25)12-28;2-1-3/h1-6,9,15H,7-8,10-12,25H2,(H2,26,29);1H,(H,2,3). The Morgan fingerprint density at radius 3 is 2.56 bits per heavy atom. The van der Waals surface area contributed by atoms with E-state index in [1.54, 1.807) is 6.07 Å². The quantitative estimate of drug-likeness (QED) is 0.461. The monoisotopic (exact) mass is 474 g/mol. The molecular formula is C23H24F2N4O5. The lowest BCUT2D eigenvalue weighted by Gasteiger charge is -2.32. The van der Waals surface area contributed by atoms with Gasteiger partial charge >= 0.3 is 0 Å². The summed E-state index contributed by atoms with van der Waals surface area (Å²) in [5.41, 5.74) is 12.0. The molecule has 0 spiro atoms. The molecule has 1 amide bonds. The normalized spacial score (nSPS) is 15.9. The van der Waals surface area contributed by atoms with Gasteiger partial charge in [0.2, 0.25) is 5.89 Å². The molecule has 2 heterocycles. The number of hydrogen-bond donors (Lipinski definition) is 3. The first-order chi connectivity index (χ1) is 16.4. The second-order valence-electron chi connectivity index (χ2n) is 7.43. The van der Waals surface area contributed by atoms with Crippen molar-refractivity contribution in [1.82, 2.24) is 9.88 Å². The number of ether oxygens (including phenoxy) is 1. The van der Waals surface area contributed by atoms with E-state index in [2.05, 4.69) is 9.88 Å². The first-order valence-electron chi connectivity index (χ1n) is 10.3. The van der Waals surface area contributed by atoms with E-state index in [9.17, 15) is 13.6 Å². The predicted octanol–water partition coefficient (Wildman–Crippen LogP) is 2.25. The zero-order valence-electron chi connectivity index (χ0n) is 18.1. The van der Waals surface area contributed by atoms with Crippen molar-refractivity contribution < 1.29 is 32.6 Å². The predicted molar refractivity (Wildman–Crippen MR) is 119 cm³/mol. The van der Waals surface area contributed by atoms with Crippen LogP contribution >= 0.6 is 0 Å². The van der Waals surface area contributed by atoms with Gasteiger partial charge in [0.05, 0.1) is 12.7 Å². The highest BCUT2D eigenvalue weighted by molar-refractivity contribution is 5.97. The van der Waals surface area contributed by atoms with E-state index in [-0.39, 0.29) is 29.9 Å². The maximum atomic E-state index is 14.2. The van der Waals surface area contributed by atoms with Gasteiger partial charge in [-0.3, -0.25) is 14.5 Å². The van der Waals surface area contributed by atoms with E-state index >= 15 is 0 Å². The van der Waals surface area contributed by atoms with Crippen LogP contribution in [0.3, 0.4) is 0 Å². The number of benzene rings is 2. The molecule has 0 bridgehead atoms. The van der Waals surface area contributed by atoms with Gasteiger partial charge in [0, 0.05) is 31.7 Å². The number of carboxylic acid groups (broad SMARTS) is 1. The Morgan fingerprint density at radius 1 is 1.24 bits per heavy atom. The number of hydrogen-bond acceptors (Lipinski definition) is 7. The van der Waals surface area contributed by atoms with Gasteiger partial charge in [-0.25, -0.2) is 13.8 Å². The van der Waals surface area contributed by atoms with Crippen molar-refractivity contribution >= 4 is 12.4 Å². The number of aromatic nitrogens is 1. The molecule has 1 aromatic heterocycles. The van der Waals surface area contributed by atoms with Crippen LogP contribution in [0.1, 0.15) is 16.1 Å². The van der Waals surface area contributed by atoms with Crippen LogP contribution < -0.4 is 11.5 Å². The number of morpholine rings is 1. The Balaban J connectivity index is 0.00000103. The fraction of sp³-hybridized carbons (Fsp3) is 0.261. The zero-order valence-corrected chi connectivity index (χ0v) is 18.1. The lowest BCUT2D eigenvalue weighted by molar-refractivity contribution is -0.122. The molecular weight excluding hydrogens is 450 g/mol. The van der Waals surface area contributed by atoms with Crippen molar-refractivity contribution in [3.63, 3.8) is 0 Å². The fourth-order valence-electron chi connectivity index (χ4n) is 3.63. The van der Waals surface area contributed by atoms with Crippen molar-refractivity contribution in [1.29, 1.82) is 0 Å². The fourth-order valence-corrected chi connectivity index (χ4v) is 3.63. The minimum atomic E-state index is -0.855. The van der Waals surface area contributed by atoms with E-state index in [0.29, 0.717) is 31.8 Å². The van der Waals surface area contributed by atoms with Crippen LogP contribution in [0.5, 0.6) is 0 Å². The molecule has 0 aliphatic carbocycles.